The van der Waals surface area contributed by atoms with Crippen LogP contribution in [0, 0.1) is 12.3 Å². The maximum Gasteiger partial charge on any atom is 0.0835 e. The summed E-state index contributed by atoms with van der Waals surface area (Å²) in [5.41, 5.74) is 4.02. The van der Waals surface area contributed by atoms with Gasteiger partial charge < -0.3 is 9.88 Å². The van der Waals surface area contributed by atoms with Crippen molar-refractivity contribution in [3.05, 3.63) is 71.9 Å². The summed E-state index contributed by atoms with van der Waals surface area (Å²) in [5.74, 6) is 2.78. The molecule has 1 aliphatic heterocycles. The van der Waals surface area contributed by atoms with E-state index in [1.54, 1.807) is 0 Å². The van der Waals surface area contributed by atoms with Gasteiger partial charge in [-0.3, -0.25) is 0 Å². The van der Waals surface area contributed by atoms with Crippen LogP contribution in [0.15, 0.2) is 60.8 Å². The van der Waals surface area contributed by atoms with Gasteiger partial charge in [-0.25, -0.2) is 0 Å². The standard InChI is InChI=1S/C21H20N2/c1-2-14-23-15-19(18-10-6-7-11-20(18)23)21(12-13-22-16-21)17-8-4-3-5-9-17/h1,3-11,15,22H,12-14,16H2. The Morgan fingerprint density at radius 1 is 1.09 bits per heavy atom. The molecule has 1 fully saturated rings. The van der Waals surface area contributed by atoms with E-state index in [0.29, 0.717) is 6.54 Å². The Kier molecular flexibility index (Phi) is 3.44. The molecule has 1 aliphatic rings. The highest BCUT2D eigenvalue weighted by atomic mass is 15.0. The van der Waals surface area contributed by atoms with Crippen molar-refractivity contribution < 1.29 is 0 Å². The van der Waals surface area contributed by atoms with Crippen LogP contribution in [0.3, 0.4) is 0 Å². The number of benzene rings is 2. The van der Waals surface area contributed by atoms with Crippen molar-refractivity contribution in [1.29, 1.82) is 0 Å². The first-order chi connectivity index (χ1) is 11.3. The van der Waals surface area contributed by atoms with E-state index in [4.69, 9.17) is 6.42 Å². The monoisotopic (exact) mass is 300 g/mol. The molecule has 3 aromatic rings. The maximum absolute atomic E-state index is 5.58. The fourth-order valence-corrected chi connectivity index (χ4v) is 3.94. The van der Waals surface area contributed by atoms with Crippen LogP contribution in [0.1, 0.15) is 17.5 Å². The van der Waals surface area contributed by atoms with Crippen LogP contribution in [-0.2, 0) is 12.0 Å². The van der Waals surface area contributed by atoms with Crippen LogP contribution in [0.2, 0.25) is 0 Å². The average molecular weight is 300 g/mol. The lowest BCUT2D eigenvalue weighted by Gasteiger charge is -2.29. The normalized spacial score (nSPS) is 20.7. The Morgan fingerprint density at radius 3 is 2.61 bits per heavy atom. The molecule has 0 saturated carbocycles. The molecule has 1 N–H and O–H groups in total. The number of para-hydroxylation sites is 1. The molecular formula is C21H20N2. The predicted molar refractivity (Wildman–Crippen MR) is 95.5 cm³/mol. The summed E-state index contributed by atoms with van der Waals surface area (Å²) >= 11 is 0. The fourth-order valence-electron chi connectivity index (χ4n) is 3.94. The topological polar surface area (TPSA) is 17.0 Å². The lowest BCUT2D eigenvalue weighted by molar-refractivity contribution is 0.573. The van der Waals surface area contributed by atoms with Crippen LogP contribution in [0.5, 0.6) is 0 Å². The maximum atomic E-state index is 5.58. The zero-order chi connectivity index (χ0) is 15.7. The molecule has 23 heavy (non-hydrogen) atoms. The molecule has 1 unspecified atom stereocenters. The highest BCUT2D eigenvalue weighted by Crippen LogP contribution is 2.41. The van der Waals surface area contributed by atoms with E-state index in [2.05, 4.69) is 76.6 Å². The molecule has 0 amide bonds. The highest BCUT2D eigenvalue weighted by Gasteiger charge is 2.39. The van der Waals surface area contributed by atoms with Crippen LogP contribution >= 0.6 is 0 Å². The Bertz CT molecular complexity index is 862. The van der Waals surface area contributed by atoms with E-state index in [1.807, 2.05) is 0 Å². The highest BCUT2D eigenvalue weighted by molar-refractivity contribution is 5.86. The third-order valence-corrected chi connectivity index (χ3v) is 5.05. The zero-order valence-corrected chi connectivity index (χ0v) is 13.1. The quantitative estimate of drug-likeness (QED) is 0.732. The van der Waals surface area contributed by atoms with Gasteiger partial charge in [-0.2, -0.15) is 0 Å². The first-order valence-electron chi connectivity index (χ1n) is 8.13. The number of terminal acetylenes is 1. The minimum Gasteiger partial charge on any atom is -0.336 e. The fraction of sp³-hybridized carbons (Fsp3) is 0.238. The van der Waals surface area contributed by atoms with Crippen molar-refractivity contribution in [2.75, 3.05) is 13.1 Å². The second-order valence-corrected chi connectivity index (χ2v) is 6.27. The van der Waals surface area contributed by atoms with E-state index < -0.39 is 0 Å². The van der Waals surface area contributed by atoms with E-state index in [1.165, 1.54) is 22.0 Å². The molecule has 0 spiro atoms. The van der Waals surface area contributed by atoms with Crippen molar-refractivity contribution in [2.24, 2.45) is 0 Å². The molecular weight excluding hydrogens is 280 g/mol. The Labute approximate surface area is 137 Å². The molecule has 114 valence electrons. The van der Waals surface area contributed by atoms with E-state index in [9.17, 15) is 0 Å². The molecule has 4 rings (SSSR count). The largest absolute Gasteiger partial charge is 0.336 e. The molecule has 1 saturated heterocycles. The summed E-state index contributed by atoms with van der Waals surface area (Å²) in [6.07, 6.45) is 8.96. The molecule has 2 aromatic carbocycles. The summed E-state index contributed by atoms with van der Waals surface area (Å²) in [6.45, 7) is 2.63. The first-order valence-corrected chi connectivity index (χ1v) is 8.13. The predicted octanol–water partition coefficient (Wildman–Crippen LogP) is 3.55. The Hall–Kier alpha value is -2.50. The van der Waals surface area contributed by atoms with E-state index in [0.717, 1.165) is 19.5 Å². The van der Waals surface area contributed by atoms with Crippen molar-refractivity contribution >= 4 is 10.9 Å². The van der Waals surface area contributed by atoms with E-state index in [-0.39, 0.29) is 5.41 Å². The summed E-state index contributed by atoms with van der Waals surface area (Å²) in [5, 5.41) is 4.88. The van der Waals surface area contributed by atoms with Gasteiger partial charge in [-0.05, 0) is 30.2 Å². The van der Waals surface area contributed by atoms with Gasteiger partial charge in [0.15, 0.2) is 0 Å². The lowest BCUT2D eigenvalue weighted by Crippen LogP contribution is -2.30. The lowest BCUT2D eigenvalue weighted by atomic mass is 9.74. The molecule has 0 radical (unpaired) electrons. The first kappa shape index (κ1) is 14.1. The SMILES string of the molecule is C#CCn1cc(C2(c3ccccc3)CCNC2)c2ccccc21. The molecule has 2 heterocycles. The minimum atomic E-state index is 0.0285. The van der Waals surface area contributed by atoms with Crippen LogP contribution in [0.4, 0.5) is 0 Å². The smallest absolute Gasteiger partial charge is 0.0835 e. The van der Waals surface area contributed by atoms with Gasteiger partial charge in [0.05, 0.1) is 6.54 Å². The number of hydrogen-bond donors (Lipinski definition) is 1. The molecule has 1 atom stereocenters. The van der Waals surface area contributed by atoms with Gasteiger partial charge in [0, 0.05) is 29.1 Å². The van der Waals surface area contributed by atoms with Crippen molar-refractivity contribution in [3.8, 4) is 12.3 Å². The van der Waals surface area contributed by atoms with Gasteiger partial charge in [0.1, 0.15) is 0 Å². The van der Waals surface area contributed by atoms with Gasteiger partial charge >= 0.3 is 0 Å². The van der Waals surface area contributed by atoms with E-state index >= 15 is 0 Å². The average Bonchev–Trinajstić information content (AvgIpc) is 3.23. The zero-order valence-electron chi connectivity index (χ0n) is 13.1. The van der Waals surface area contributed by atoms with Gasteiger partial charge in [-0.1, -0.05) is 54.5 Å². The van der Waals surface area contributed by atoms with Crippen LogP contribution in [0.25, 0.3) is 10.9 Å². The Balaban J connectivity index is 1.98. The summed E-state index contributed by atoms with van der Waals surface area (Å²) < 4.78 is 2.20. The Morgan fingerprint density at radius 2 is 1.87 bits per heavy atom. The number of aromatic nitrogens is 1. The number of hydrogen-bond acceptors (Lipinski definition) is 1. The number of fused-ring (bicyclic) bond motifs is 1. The van der Waals surface area contributed by atoms with Gasteiger partial charge in [-0.15, -0.1) is 6.42 Å². The molecule has 1 aromatic heterocycles. The summed E-state index contributed by atoms with van der Waals surface area (Å²) in [4.78, 5) is 0. The molecule has 0 aliphatic carbocycles. The van der Waals surface area contributed by atoms with Crippen molar-refractivity contribution in [1.82, 2.24) is 9.88 Å². The minimum absolute atomic E-state index is 0.0285. The van der Waals surface area contributed by atoms with Crippen LogP contribution < -0.4 is 5.32 Å². The summed E-state index contributed by atoms with van der Waals surface area (Å²) in [7, 11) is 0. The van der Waals surface area contributed by atoms with Gasteiger partial charge in [0.25, 0.3) is 0 Å². The van der Waals surface area contributed by atoms with Crippen LogP contribution in [-0.4, -0.2) is 17.7 Å². The molecule has 0 bridgehead atoms. The molecule has 2 heteroatoms. The number of nitrogens with one attached hydrogen (secondary N) is 1. The number of nitrogens with zero attached hydrogens (tertiary/aromatic N) is 1. The third kappa shape index (κ3) is 2.17. The van der Waals surface area contributed by atoms with Crippen molar-refractivity contribution in [3.63, 3.8) is 0 Å². The second-order valence-electron chi connectivity index (χ2n) is 6.27. The second kappa shape index (κ2) is 5.61. The van der Waals surface area contributed by atoms with Gasteiger partial charge in [0.2, 0.25) is 0 Å². The molecule has 2 nitrogen and oxygen atoms in total. The van der Waals surface area contributed by atoms with Crippen molar-refractivity contribution in [2.45, 2.75) is 18.4 Å². The third-order valence-electron chi connectivity index (χ3n) is 5.05. The summed E-state index contributed by atoms with van der Waals surface area (Å²) in [6, 6.07) is 19.4. The number of rotatable bonds is 3.